The first-order valence-electron chi connectivity index (χ1n) is 8.56. The van der Waals surface area contributed by atoms with Gasteiger partial charge in [0.05, 0.1) is 13.7 Å². The Balaban J connectivity index is 1.48. The Morgan fingerprint density at radius 3 is 2.68 bits per heavy atom. The second-order valence-corrected chi connectivity index (χ2v) is 6.71. The number of aliphatic hydroxyl groups excluding tert-OH is 1. The summed E-state index contributed by atoms with van der Waals surface area (Å²) in [4.78, 5) is 23.9. The van der Waals surface area contributed by atoms with Crippen LogP contribution in [0.5, 0.6) is 5.75 Å². The number of nitrogens with one attached hydrogen (secondary N) is 2. The number of aliphatic hydroxyl groups is 1. The molecule has 3 rings (SSSR count). The second-order valence-electron chi connectivity index (χ2n) is 5.93. The summed E-state index contributed by atoms with van der Waals surface area (Å²) in [6.45, 7) is 0.0124. The normalized spacial score (nSPS) is 11.6. The number of amides is 2. The number of thiophene rings is 1. The van der Waals surface area contributed by atoms with E-state index in [0.717, 1.165) is 11.1 Å². The minimum atomic E-state index is -1.06. The predicted octanol–water partition coefficient (Wildman–Crippen LogP) is 2.48. The van der Waals surface area contributed by atoms with Crippen molar-refractivity contribution in [3.8, 4) is 17.1 Å². The summed E-state index contributed by atoms with van der Waals surface area (Å²) in [6.07, 6.45) is -1.06. The van der Waals surface area contributed by atoms with Crippen molar-refractivity contribution in [2.45, 2.75) is 12.6 Å². The van der Waals surface area contributed by atoms with Crippen LogP contribution < -0.4 is 15.4 Å². The highest BCUT2D eigenvalue weighted by atomic mass is 32.1. The average Bonchev–Trinajstić information content (AvgIpc) is 3.41. The summed E-state index contributed by atoms with van der Waals surface area (Å²) in [5.74, 6) is -0.0555. The summed E-state index contributed by atoms with van der Waals surface area (Å²) >= 11 is 1.54. The number of para-hydroxylation sites is 1. The zero-order chi connectivity index (χ0) is 19.9. The Morgan fingerprint density at radius 1 is 1.14 bits per heavy atom. The third kappa shape index (κ3) is 4.79. The van der Waals surface area contributed by atoms with Crippen molar-refractivity contribution in [1.29, 1.82) is 0 Å². The average molecular weight is 400 g/mol. The van der Waals surface area contributed by atoms with Crippen molar-refractivity contribution < 1.29 is 23.8 Å². The van der Waals surface area contributed by atoms with Crippen LogP contribution in [0.1, 0.15) is 17.4 Å². The van der Waals surface area contributed by atoms with Gasteiger partial charge in [-0.15, -0.1) is 0 Å². The monoisotopic (exact) mass is 400 g/mol. The quantitative estimate of drug-likeness (QED) is 0.529. The minimum Gasteiger partial charge on any atom is -0.496 e. The van der Waals surface area contributed by atoms with E-state index in [9.17, 15) is 14.7 Å². The van der Waals surface area contributed by atoms with Gasteiger partial charge in [-0.25, -0.2) is 0 Å². The van der Waals surface area contributed by atoms with E-state index >= 15 is 0 Å². The van der Waals surface area contributed by atoms with E-state index in [1.54, 1.807) is 35.6 Å². The molecule has 0 aliphatic heterocycles. The molecule has 3 N–H and O–H groups in total. The molecular formula is C20H20N2O5S. The molecule has 0 fully saturated rings. The molecule has 0 saturated carbocycles. The predicted molar refractivity (Wildman–Crippen MR) is 105 cm³/mol. The molecular weight excluding hydrogens is 380 g/mol. The summed E-state index contributed by atoms with van der Waals surface area (Å²) < 4.78 is 10.8. The highest BCUT2D eigenvalue weighted by molar-refractivity contribution is 7.08. The van der Waals surface area contributed by atoms with Crippen molar-refractivity contribution in [3.05, 3.63) is 64.5 Å². The standard InChI is InChI=1S/C20H20N2O5S/c1-26-16-5-3-2-4-13(16)10-21-19(24)20(25)22-11-15(23)18-7-6-17(27-18)14-8-9-28-12-14/h2-9,12,15,23H,10-11H2,1H3,(H,21,24)(H,22,25)/t15-/m0/s1. The molecule has 2 heterocycles. The van der Waals surface area contributed by atoms with Crippen LogP contribution in [0.15, 0.2) is 57.6 Å². The van der Waals surface area contributed by atoms with E-state index in [1.807, 2.05) is 29.0 Å². The first-order valence-corrected chi connectivity index (χ1v) is 9.51. The van der Waals surface area contributed by atoms with Crippen LogP contribution in [0.4, 0.5) is 0 Å². The van der Waals surface area contributed by atoms with Gasteiger partial charge < -0.3 is 24.9 Å². The van der Waals surface area contributed by atoms with Gasteiger partial charge in [0.15, 0.2) is 0 Å². The Labute approximate surface area is 166 Å². The van der Waals surface area contributed by atoms with E-state index in [0.29, 0.717) is 17.3 Å². The third-order valence-corrected chi connectivity index (χ3v) is 4.74. The second kappa shape index (κ2) is 9.20. The fourth-order valence-corrected chi connectivity index (χ4v) is 3.21. The number of furan rings is 1. The van der Waals surface area contributed by atoms with Gasteiger partial charge >= 0.3 is 11.8 Å². The van der Waals surface area contributed by atoms with Gasteiger partial charge in [0.25, 0.3) is 0 Å². The first-order chi connectivity index (χ1) is 13.6. The molecule has 1 aromatic carbocycles. The smallest absolute Gasteiger partial charge is 0.309 e. The summed E-state index contributed by atoms with van der Waals surface area (Å²) in [5.41, 5.74) is 1.67. The van der Waals surface area contributed by atoms with Gasteiger partial charge in [-0.1, -0.05) is 18.2 Å². The lowest BCUT2D eigenvalue weighted by Crippen LogP contribution is -2.41. The number of benzene rings is 1. The summed E-state index contributed by atoms with van der Waals surface area (Å²) in [5, 5.41) is 19.0. The molecule has 0 aliphatic carbocycles. The van der Waals surface area contributed by atoms with E-state index < -0.39 is 17.9 Å². The molecule has 28 heavy (non-hydrogen) atoms. The lowest BCUT2D eigenvalue weighted by atomic mass is 10.2. The van der Waals surface area contributed by atoms with E-state index in [4.69, 9.17) is 9.15 Å². The lowest BCUT2D eigenvalue weighted by Gasteiger charge is -2.11. The SMILES string of the molecule is COc1ccccc1CNC(=O)C(=O)NC[C@H](O)c1ccc(-c2ccsc2)o1. The maximum atomic E-state index is 12.0. The van der Waals surface area contributed by atoms with Crippen LogP contribution in [0, 0.1) is 0 Å². The highest BCUT2D eigenvalue weighted by Crippen LogP contribution is 2.26. The molecule has 2 amide bonds. The van der Waals surface area contributed by atoms with Crippen LogP contribution in [-0.2, 0) is 16.1 Å². The van der Waals surface area contributed by atoms with Crippen LogP contribution in [0.2, 0.25) is 0 Å². The summed E-state index contributed by atoms with van der Waals surface area (Å²) in [7, 11) is 1.53. The number of methoxy groups -OCH3 is 1. The van der Waals surface area contributed by atoms with E-state index in [-0.39, 0.29) is 13.1 Å². The Morgan fingerprint density at radius 2 is 1.93 bits per heavy atom. The Kier molecular flexibility index (Phi) is 6.46. The Hall–Kier alpha value is -3.10. The number of hydrogen-bond acceptors (Lipinski definition) is 6. The van der Waals surface area contributed by atoms with Crippen molar-refractivity contribution in [1.82, 2.24) is 10.6 Å². The number of rotatable bonds is 7. The zero-order valence-corrected chi connectivity index (χ0v) is 16.0. The molecule has 0 saturated heterocycles. The molecule has 146 valence electrons. The summed E-state index contributed by atoms with van der Waals surface area (Å²) in [6, 6.07) is 12.5. The van der Waals surface area contributed by atoms with Gasteiger partial charge in [-0.05, 0) is 29.6 Å². The molecule has 3 aromatic rings. The molecule has 1 atom stereocenters. The lowest BCUT2D eigenvalue weighted by molar-refractivity contribution is -0.139. The third-order valence-electron chi connectivity index (χ3n) is 4.06. The van der Waals surface area contributed by atoms with Gasteiger partial charge in [0.1, 0.15) is 23.4 Å². The van der Waals surface area contributed by atoms with Crippen LogP contribution >= 0.6 is 11.3 Å². The Bertz CT molecular complexity index is 936. The largest absolute Gasteiger partial charge is 0.496 e. The number of carbonyl (C=O) groups is 2. The van der Waals surface area contributed by atoms with Crippen molar-refractivity contribution in [2.24, 2.45) is 0 Å². The van der Waals surface area contributed by atoms with Crippen molar-refractivity contribution in [3.63, 3.8) is 0 Å². The highest BCUT2D eigenvalue weighted by Gasteiger charge is 2.18. The zero-order valence-electron chi connectivity index (χ0n) is 15.2. The number of hydrogen-bond donors (Lipinski definition) is 3. The van der Waals surface area contributed by atoms with Crippen LogP contribution in [-0.4, -0.2) is 30.6 Å². The van der Waals surface area contributed by atoms with Crippen molar-refractivity contribution >= 4 is 23.2 Å². The minimum absolute atomic E-state index is 0.141. The van der Waals surface area contributed by atoms with Gasteiger partial charge in [0.2, 0.25) is 0 Å². The maximum absolute atomic E-state index is 12.0. The van der Waals surface area contributed by atoms with Crippen LogP contribution in [0.25, 0.3) is 11.3 Å². The fourth-order valence-electron chi connectivity index (χ4n) is 2.57. The van der Waals surface area contributed by atoms with E-state index in [2.05, 4.69) is 10.6 Å². The molecule has 7 nitrogen and oxygen atoms in total. The first kappa shape index (κ1) is 19.7. The topological polar surface area (TPSA) is 101 Å². The van der Waals surface area contributed by atoms with Gasteiger partial charge in [-0.3, -0.25) is 9.59 Å². The van der Waals surface area contributed by atoms with Crippen LogP contribution in [0.3, 0.4) is 0 Å². The molecule has 0 spiro atoms. The van der Waals surface area contributed by atoms with E-state index in [1.165, 1.54) is 7.11 Å². The van der Waals surface area contributed by atoms with Gasteiger partial charge in [-0.2, -0.15) is 11.3 Å². The fraction of sp³-hybridized carbons (Fsp3) is 0.200. The van der Waals surface area contributed by atoms with Gasteiger partial charge in [0, 0.05) is 23.1 Å². The molecule has 0 bridgehead atoms. The molecule has 0 radical (unpaired) electrons. The molecule has 8 heteroatoms. The maximum Gasteiger partial charge on any atom is 0.309 e. The molecule has 0 aliphatic rings. The number of carbonyl (C=O) groups excluding carboxylic acids is 2. The van der Waals surface area contributed by atoms with Crippen molar-refractivity contribution in [2.75, 3.05) is 13.7 Å². The number of ether oxygens (including phenoxy) is 1. The molecule has 2 aromatic heterocycles. The molecule has 0 unspecified atom stereocenters.